The number of rotatable bonds is 11. The topological polar surface area (TPSA) is 116 Å². The van der Waals surface area contributed by atoms with Crippen molar-refractivity contribution in [2.24, 2.45) is 5.92 Å². The molecule has 1 fully saturated rings. The Bertz CT molecular complexity index is 794. The zero-order chi connectivity index (χ0) is 25.7. The summed E-state index contributed by atoms with van der Waals surface area (Å²) in [6, 6.07) is 0. The quantitative estimate of drug-likeness (QED) is 0.144. The Balaban J connectivity index is 2.90. The van der Waals surface area contributed by atoms with Gasteiger partial charge in [-0.3, -0.25) is 9.35 Å². The van der Waals surface area contributed by atoms with E-state index >= 15 is 0 Å². The van der Waals surface area contributed by atoms with Crippen LogP contribution in [-0.4, -0.2) is 61.8 Å². The van der Waals surface area contributed by atoms with Crippen molar-refractivity contribution in [1.82, 2.24) is 0 Å². The van der Waals surface area contributed by atoms with Crippen molar-refractivity contribution in [1.29, 1.82) is 0 Å². The molecule has 1 N–H and O–H groups in total. The van der Waals surface area contributed by atoms with E-state index in [-0.39, 0.29) is 12.8 Å². The maximum absolute atomic E-state index is 13.7. The Morgan fingerprint density at radius 2 is 1.52 bits per heavy atom. The summed E-state index contributed by atoms with van der Waals surface area (Å²) in [5, 5.41) is -5.84. The molecule has 0 spiro atoms. The summed E-state index contributed by atoms with van der Waals surface area (Å²) in [4.78, 5) is 24.1. The highest BCUT2D eigenvalue weighted by atomic mass is 32.2. The van der Waals surface area contributed by atoms with Gasteiger partial charge in [0.25, 0.3) is 0 Å². The Morgan fingerprint density at radius 3 is 1.97 bits per heavy atom. The molecule has 16 heteroatoms. The average molecular weight is 520 g/mol. The van der Waals surface area contributed by atoms with Gasteiger partial charge in [-0.1, -0.05) is 19.3 Å². The fraction of sp³-hybridized carbons (Fsp3) is 0.882. The predicted molar refractivity (Wildman–Crippen MR) is 94.7 cm³/mol. The second-order valence-electron chi connectivity index (χ2n) is 7.36. The van der Waals surface area contributed by atoms with Crippen LogP contribution in [0.5, 0.6) is 0 Å². The molecule has 0 bridgehead atoms. The molecule has 33 heavy (non-hydrogen) atoms. The van der Waals surface area contributed by atoms with E-state index in [1.807, 2.05) is 0 Å². The molecule has 1 aliphatic rings. The Kier molecular flexibility index (Phi) is 9.53. The third-order valence-corrected chi connectivity index (χ3v) is 5.90. The fourth-order valence-electron chi connectivity index (χ4n) is 3.08. The third kappa shape index (κ3) is 6.68. The van der Waals surface area contributed by atoms with Crippen LogP contribution in [0, 0.1) is 5.92 Å². The lowest BCUT2D eigenvalue weighted by atomic mass is 9.89. The maximum atomic E-state index is 13.7. The van der Waals surface area contributed by atoms with Crippen LogP contribution in [0.1, 0.15) is 51.4 Å². The van der Waals surface area contributed by atoms with Crippen LogP contribution in [-0.2, 0) is 33.9 Å². The van der Waals surface area contributed by atoms with Gasteiger partial charge < -0.3 is 14.2 Å². The summed E-state index contributed by atoms with van der Waals surface area (Å²) < 4.78 is 136. The second kappa shape index (κ2) is 10.7. The minimum absolute atomic E-state index is 0.213. The number of methoxy groups -OCH3 is 1. The predicted octanol–water partition coefficient (Wildman–Crippen LogP) is 3.84. The molecule has 8 nitrogen and oxygen atoms in total. The van der Waals surface area contributed by atoms with Gasteiger partial charge in [-0.25, -0.2) is 4.79 Å². The maximum Gasteiger partial charge on any atom is 0.468 e. The standard InChI is InChI=1S/C17H23F7O8S/c1-30-13(26)15(16(20,21)22,32-12(25)11-7-3-2-4-8-11)31-10-6-5-9-14(18,19)17(23,24)33(27,28)29/h11H,2-10H2,1H3,(H,27,28,29). The van der Waals surface area contributed by atoms with E-state index in [0.29, 0.717) is 20.0 Å². The van der Waals surface area contributed by atoms with E-state index in [1.54, 1.807) is 0 Å². The molecular formula is C17H23F7O8S. The lowest BCUT2D eigenvalue weighted by molar-refractivity contribution is -0.356. The summed E-state index contributed by atoms with van der Waals surface area (Å²) >= 11 is 0. The molecule has 0 amide bonds. The van der Waals surface area contributed by atoms with Crippen LogP contribution >= 0.6 is 0 Å². The van der Waals surface area contributed by atoms with Crippen LogP contribution in [0.15, 0.2) is 0 Å². The van der Waals surface area contributed by atoms with E-state index in [9.17, 15) is 48.7 Å². The molecule has 1 atom stereocenters. The summed E-state index contributed by atoms with van der Waals surface area (Å²) in [7, 11) is -5.91. The summed E-state index contributed by atoms with van der Waals surface area (Å²) in [6.45, 7) is -1.18. The van der Waals surface area contributed by atoms with E-state index in [0.717, 1.165) is 6.42 Å². The van der Waals surface area contributed by atoms with Gasteiger partial charge in [0, 0.05) is 6.42 Å². The molecule has 0 saturated heterocycles. The van der Waals surface area contributed by atoms with Gasteiger partial charge in [-0.05, 0) is 25.7 Å². The van der Waals surface area contributed by atoms with Gasteiger partial charge >= 0.3 is 45.2 Å². The molecule has 1 rings (SSSR count). The number of ether oxygens (including phenoxy) is 3. The molecular weight excluding hydrogens is 497 g/mol. The van der Waals surface area contributed by atoms with Crippen LogP contribution in [0.25, 0.3) is 0 Å². The molecule has 194 valence electrons. The smallest absolute Gasteiger partial charge is 0.464 e. The summed E-state index contributed by atoms with van der Waals surface area (Å²) in [6.07, 6.45) is -7.06. The third-order valence-electron chi connectivity index (χ3n) is 4.95. The van der Waals surface area contributed by atoms with Crippen molar-refractivity contribution < 1.29 is 67.5 Å². The highest BCUT2D eigenvalue weighted by molar-refractivity contribution is 7.87. The number of esters is 2. The van der Waals surface area contributed by atoms with Crippen molar-refractivity contribution >= 4 is 22.1 Å². The van der Waals surface area contributed by atoms with Crippen LogP contribution < -0.4 is 0 Å². The number of carbonyl (C=O) groups excluding carboxylic acids is 2. The molecule has 0 aromatic carbocycles. The van der Waals surface area contributed by atoms with Gasteiger partial charge in [0.05, 0.1) is 19.6 Å². The largest absolute Gasteiger partial charge is 0.468 e. The minimum Gasteiger partial charge on any atom is -0.464 e. The molecule has 0 aliphatic heterocycles. The van der Waals surface area contributed by atoms with Crippen molar-refractivity contribution in [2.45, 2.75) is 74.5 Å². The van der Waals surface area contributed by atoms with E-state index in [1.165, 1.54) is 0 Å². The summed E-state index contributed by atoms with van der Waals surface area (Å²) in [5.41, 5.74) is 0. The van der Waals surface area contributed by atoms with Crippen molar-refractivity contribution in [3.05, 3.63) is 0 Å². The number of hydrogen-bond acceptors (Lipinski definition) is 7. The molecule has 1 unspecified atom stereocenters. The van der Waals surface area contributed by atoms with Crippen LogP contribution in [0.2, 0.25) is 0 Å². The Morgan fingerprint density at radius 1 is 0.970 bits per heavy atom. The summed E-state index contributed by atoms with van der Waals surface area (Å²) in [5.74, 6) is -13.9. The Hall–Kier alpha value is -1.68. The van der Waals surface area contributed by atoms with Crippen LogP contribution in [0.4, 0.5) is 30.7 Å². The van der Waals surface area contributed by atoms with E-state index in [2.05, 4.69) is 14.2 Å². The lowest BCUT2D eigenvalue weighted by Crippen LogP contribution is -2.58. The minimum atomic E-state index is -6.47. The first-order valence-corrected chi connectivity index (χ1v) is 11.1. The molecule has 0 radical (unpaired) electrons. The van der Waals surface area contributed by atoms with Gasteiger partial charge in [0.15, 0.2) is 0 Å². The second-order valence-corrected chi connectivity index (χ2v) is 8.83. The number of halogens is 7. The molecule has 0 aromatic rings. The first kappa shape index (κ1) is 29.4. The average Bonchev–Trinajstić information content (AvgIpc) is 2.70. The highest BCUT2D eigenvalue weighted by Crippen LogP contribution is 2.42. The van der Waals surface area contributed by atoms with Crippen LogP contribution in [0.3, 0.4) is 0 Å². The highest BCUT2D eigenvalue weighted by Gasteiger charge is 2.68. The molecule has 1 aliphatic carbocycles. The fourth-order valence-corrected chi connectivity index (χ4v) is 3.56. The van der Waals surface area contributed by atoms with Crippen molar-refractivity contribution in [3.63, 3.8) is 0 Å². The normalized spacial score (nSPS) is 18.5. The van der Waals surface area contributed by atoms with E-state index in [4.69, 9.17) is 4.55 Å². The first-order chi connectivity index (χ1) is 14.9. The van der Waals surface area contributed by atoms with Gasteiger partial charge in [0.1, 0.15) is 0 Å². The zero-order valence-electron chi connectivity index (χ0n) is 17.3. The zero-order valence-corrected chi connectivity index (χ0v) is 18.1. The Labute approximate surface area is 184 Å². The van der Waals surface area contributed by atoms with Crippen molar-refractivity contribution in [2.75, 3.05) is 13.7 Å². The lowest BCUT2D eigenvalue weighted by Gasteiger charge is -2.33. The number of alkyl halides is 7. The van der Waals surface area contributed by atoms with E-state index < -0.39 is 77.0 Å². The molecule has 1 saturated carbocycles. The number of hydrogen-bond donors (Lipinski definition) is 1. The van der Waals surface area contributed by atoms with Gasteiger partial charge in [-0.2, -0.15) is 39.2 Å². The number of carbonyl (C=O) groups is 2. The first-order valence-electron chi connectivity index (χ1n) is 9.67. The van der Waals surface area contributed by atoms with Crippen molar-refractivity contribution in [3.8, 4) is 0 Å². The monoisotopic (exact) mass is 520 g/mol. The van der Waals surface area contributed by atoms with Gasteiger partial charge in [-0.15, -0.1) is 0 Å². The number of unbranched alkanes of at least 4 members (excludes halogenated alkanes) is 1. The van der Waals surface area contributed by atoms with Gasteiger partial charge in [0.2, 0.25) is 0 Å². The molecule has 0 heterocycles. The SMILES string of the molecule is COC(=O)C(OCCCCC(F)(F)C(F)(F)S(=O)(=O)O)(OC(=O)C1CCCCC1)C(F)(F)F. The molecule has 0 aromatic heterocycles.